The molecule has 138 valence electrons. The number of ether oxygens (including phenoxy) is 2. The molecule has 0 unspecified atom stereocenters. The zero-order chi connectivity index (χ0) is 18.5. The van der Waals surface area contributed by atoms with Crippen LogP contribution in [-0.2, 0) is 19.1 Å². The van der Waals surface area contributed by atoms with Crippen molar-refractivity contribution in [2.75, 3.05) is 37.9 Å². The van der Waals surface area contributed by atoms with Gasteiger partial charge in [0.1, 0.15) is 0 Å². The number of carbonyl (C=O) groups is 2. The summed E-state index contributed by atoms with van der Waals surface area (Å²) in [6.45, 7) is 0.959. The van der Waals surface area contributed by atoms with Crippen molar-refractivity contribution in [2.24, 2.45) is 0 Å². The Morgan fingerprint density at radius 2 is 1.35 bits per heavy atom. The Labute approximate surface area is 157 Å². The molecule has 2 N–H and O–H groups in total. The first-order valence-electron chi connectivity index (χ1n) is 7.91. The minimum Gasteiger partial charge on any atom is -0.469 e. The van der Waals surface area contributed by atoms with E-state index in [4.69, 9.17) is 0 Å². The second-order valence-electron chi connectivity index (χ2n) is 5.33. The Bertz CT molecular complexity index is 814. The fraction of sp³-hybridized carbons (Fsp3) is 0.375. The lowest BCUT2D eigenvalue weighted by atomic mass is 10.3. The molecule has 0 fully saturated rings. The van der Waals surface area contributed by atoms with Crippen LogP contribution in [0.4, 0.5) is 10.3 Å². The number of benzene rings is 1. The van der Waals surface area contributed by atoms with Crippen molar-refractivity contribution in [3.63, 3.8) is 0 Å². The summed E-state index contributed by atoms with van der Waals surface area (Å²) < 4.78 is 11.3. The van der Waals surface area contributed by atoms with Gasteiger partial charge in [-0.15, -0.1) is 0 Å². The largest absolute Gasteiger partial charge is 0.469 e. The van der Waals surface area contributed by atoms with Crippen molar-refractivity contribution in [2.45, 2.75) is 12.8 Å². The van der Waals surface area contributed by atoms with Crippen LogP contribution in [0.25, 0.3) is 20.4 Å². The number of esters is 2. The summed E-state index contributed by atoms with van der Waals surface area (Å²) in [5.41, 5.74) is 1.71. The number of carbonyl (C=O) groups excluding carboxylic acids is 2. The van der Waals surface area contributed by atoms with Crippen LogP contribution in [0, 0.1) is 0 Å². The summed E-state index contributed by atoms with van der Waals surface area (Å²) >= 11 is 3.06. The molecule has 3 aromatic rings. The highest BCUT2D eigenvalue weighted by atomic mass is 32.1. The number of aromatic nitrogens is 2. The van der Waals surface area contributed by atoms with E-state index in [-0.39, 0.29) is 11.9 Å². The van der Waals surface area contributed by atoms with Gasteiger partial charge in [0, 0.05) is 13.1 Å². The van der Waals surface area contributed by atoms with Crippen LogP contribution in [0.3, 0.4) is 0 Å². The van der Waals surface area contributed by atoms with Gasteiger partial charge in [-0.05, 0) is 12.1 Å². The summed E-state index contributed by atoms with van der Waals surface area (Å²) in [7, 11) is 2.75. The van der Waals surface area contributed by atoms with Crippen LogP contribution >= 0.6 is 22.7 Å². The smallest absolute Gasteiger partial charge is 0.307 e. The molecular formula is C16H18N4O4S2. The number of hydrogen-bond acceptors (Lipinski definition) is 10. The number of anilines is 2. The van der Waals surface area contributed by atoms with Crippen LogP contribution in [0.5, 0.6) is 0 Å². The molecule has 8 nitrogen and oxygen atoms in total. The van der Waals surface area contributed by atoms with Crippen molar-refractivity contribution in [3.8, 4) is 0 Å². The molecule has 2 aromatic heterocycles. The third-order valence-electron chi connectivity index (χ3n) is 3.56. The number of fused-ring (bicyclic) bond motifs is 2. The summed E-state index contributed by atoms with van der Waals surface area (Å²) in [5.74, 6) is -0.508. The third kappa shape index (κ3) is 4.38. The minimum atomic E-state index is -0.254. The van der Waals surface area contributed by atoms with E-state index in [0.717, 1.165) is 30.7 Å². The van der Waals surface area contributed by atoms with E-state index in [1.807, 2.05) is 6.07 Å². The fourth-order valence-corrected chi connectivity index (χ4v) is 4.15. The van der Waals surface area contributed by atoms with Crippen LogP contribution in [-0.4, -0.2) is 49.2 Å². The van der Waals surface area contributed by atoms with E-state index in [1.54, 1.807) is 0 Å². The van der Waals surface area contributed by atoms with Gasteiger partial charge < -0.3 is 20.1 Å². The number of nitrogens with zero attached hydrogens (tertiary/aromatic N) is 2. The average Bonchev–Trinajstić information content (AvgIpc) is 3.20. The van der Waals surface area contributed by atoms with Crippen molar-refractivity contribution < 1.29 is 19.1 Å². The van der Waals surface area contributed by atoms with Crippen molar-refractivity contribution in [1.29, 1.82) is 0 Å². The lowest BCUT2D eigenvalue weighted by Gasteiger charge is -2.00. The van der Waals surface area contributed by atoms with Crippen molar-refractivity contribution >= 4 is 65.3 Å². The van der Waals surface area contributed by atoms with Gasteiger partial charge >= 0.3 is 11.9 Å². The summed E-state index contributed by atoms with van der Waals surface area (Å²) in [4.78, 5) is 31.3. The molecule has 0 aliphatic carbocycles. The highest BCUT2D eigenvalue weighted by molar-refractivity contribution is 7.24. The topological polar surface area (TPSA) is 102 Å². The number of thiazole rings is 2. The van der Waals surface area contributed by atoms with Crippen LogP contribution in [0.1, 0.15) is 12.8 Å². The first kappa shape index (κ1) is 18.3. The molecule has 0 spiro atoms. The SMILES string of the molecule is COC(=O)CCNc1nc2cc3nc(NCCC(=O)OC)sc3cc2s1. The van der Waals surface area contributed by atoms with E-state index < -0.39 is 0 Å². The van der Waals surface area contributed by atoms with Gasteiger partial charge in [-0.25, -0.2) is 9.97 Å². The Morgan fingerprint density at radius 3 is 1.77 bits per heavy atom. The average molecular weight is 394 g/mol. The second-order valence-corrected chi connectivity index (χ2v) is 7.39. The Hall–Kier alpha value is -2.46. The van der Waals surface area contributed by atoms with Crippen molar-refractivity contribution in [3.05, 3.63) is 12.1 Å². The zero-order valence-corrected chi connectivity index (χ0v) is 16.0. The summed E-state index contributed by atoms with van der Waals surface area (Å²) in [5, 5.41) is 7.79. The van der Waals surface area contributed by atoms with E-state index in [0.29, 0.717) is 25.9 Å². The molecule has 26 heavy (non-hydrogen) atoms. The lowest BCUT2D eigenvalue weighted by molar-refractivity contribution is -0.141. The van der Waals surface area contributed by atoms with Gasteiger partial charge in [0.25, 0.3) is 0 Å². The molecule has 1 aromatic carbocycles. The molecular weight excluding hydrogens is 376 g/mol. The molecule has 0 saturated carbocycles. The molecule has 0 atom stereocenters. The van der Waals surface area contributed by atoms with Gasteiger partial charge in [-0.1, -0.05) is 22.7 Å². The highest BCUT2D eigenvalue weighted by Crippen LogP contribution is 2.33. The number of hydrogen-bond donors (Lipinski definition) is 2. The predicted octanol–water partition coefficient (Wildman–Crippen LogP) is 2.86. The van der Waals surface area contributed by atoms with Gasteiger partial charge in [-0.3, -0.25) is 9.59 Å². The molecule has 0 aliphatic heterocycles. The van der Waals surface area contributed by atoms with Gasteiger partial charge in [0.05, 0.1) is 47.5 Å². The lowest BCUT2D eigenvalue weighted by Crippen LogP contribution is -2.09. The highest BCUT2D eigenvalue weighted by Gasteiger charge is 2.10. The van der Waals surface area contributed by atoms with Gasteiger partial charge in [0.2, 0.25) is 0 Å². The predicted molar refractivity (Wildman–Crippen MR) is 103 cm³/mol. The standard InChI is InChI=1S/C16H18N4O4S2/c1-23-13(21)3-5-17-15-19-9-7-10-12(8-11(9)25-15)26-16(20-10)18-6-4-14(22)24-2/h7-8H,3-6H2,1-2H3,(H,17,19)(H,18,20). The van der Waals surface area contributed by atoms with E-state index >= 15 is 0 Å². The molecule has 0 radical (unpaired) electrons. The first-order chi connectivity index (χ1) is 12.6. The maximum atomic E-state index is 11.1. The van der Waals surface area contributed by atoms with Crippen LogP contribution in [0.2, 0.25) is 0 Å². The second kappa shape index (κ2) is 8.28. The molecule has 0 aliphatic rings. The molecule has 10 heteroatoms. The normalized spacial score (nSPS) is 10.8. The molecule has 3 rings (SSSR count). The number of rotatable bonds is 8. The molecule has 0 saturated heterocycles. The van der Waals surface area contributed by atoms with Crippen molar-refractivity contribution in [1.82, 2.24) is 9.97 Å². The van der Waals surface area contributed by atoms with Gasteiger partial charge in [-0.2, -0.15) is 0 Å². The Balaban J connectivity index is 1.67. The number of methoxy groups -OCH3 is 2. The molecule has 2 heterocycles. The third-order valence-corrected chi connectivity index (χ3v) is 5.52. The van der Waals surface area contributed by atoms with E-state index in [2.05, 4.69) is 36.1 Å². The van der Waals surface area contributed by atoms with Crippen LogP contribution < -0.4 is 10.6 Å². The summed E-state index contributed by atoms with van der Waals surface area (Å²) in [6, 6.07) is 3.99. The summed E-state index contributed by atoms with van der Waals surface area (Å²) in [6.07, 6.45) is 0.591. The molecule has 0 bridgehead atoms. The maximum absolute atomic E-state index is 11.1. The fourth-order valence-electron chi connectivity index (χ4n) is 2.25. The molecule has 0 amide bonds. The van der Waals surface area contributed by atoms with E-state index in [1.165, 1.54) is 36.9 Å². The van der Waals surface area contributed by atoms with E-state index in [9.17, 15) is 9.59 Å². The monoisotopic (exact) mass is 394 g/mol. The maximum Gasteiger partial charge on any atom is 0.307 e. The zero-order valence-electron chi connectivity index (χ0n) is 14.3. The first-order valence-corrected chi connectivity index (χ1v) is 9.55. The minimum absolute atomic E-state index is 0.254. The van der Waals surface area contributed by atoms with Crippen LogP contribution in [0.15, 0.2) is 12.1 Å². The number of nitrogens with one attached hydrogen (secondary N) is 2. The Morgan fingerprint density at radius 1 is 0.885 bits per heavy atom. The Kier molecular flexibility index (Phi) is 5.84. The van der Waals surface area contributed by atoms with Gasteiger partial charge in [0.15, 0.2) is 10.3 Å². The quantitative estimate of drug-likeness (QED) is 0.562.